The second-order valence-electron chi connectivity index (χ2n) is 8.71. The van der Waals surface area contributed by atoms with Gasteiger partial charge in [0.25, 0.3) is 0 Å². The molecule has 1 fully saturated rings. The van der Waals surface area contributed by atoms with Crippen molar-refractivity contribution in [3.63, 3.8) is 0 Å². The molecule has 0 saturated carbocycles. The normalized spacial score (nSPS) is 20.2. The number of hydrogen-bond acceptors (Lipinski definition) is 5. The third-order valence-electron chi connectivity index (χ3n) is 4.67. The van der Waals surface area contributed by atoms with Crippen LogP contribution in [0.4, 0.5) is 4.79 Å². The van der Waals surface area contributed by atoms with Gasteiger partial charge in [0.2, 0.25) is 5.91 Å². The standard InChI is InChI=1S/C19H35N3O5/c1-18(2,3)27-17(26)21-13(9-7-8-12-20-6)15(23)22-14(16(24)25)10-11-19(22,4)5/h13-14,20H,7-12H2,1-6H3,(H,21,26)(H,24,25)/t13-,14-/m0/s1. The van der Waals surface area contributed by atoms with E-state index in [0.29, 0.717) is 19.3 Å². The Morgan fingerprint density at radius 1 is 1.26 bits per heavy atom. The first kappa shape index (κ1) is 23.2. The van der Waals surface area contributed by atoms with Crippen LogP contribution in [0.2, 0.25) is 0 Å². The van der Waals surface area contributed by atoms with Crippen LogP contribution >= 0.6 is 0 Å². The SMILES string of the molecule is CNCCCC[C@H](NC(=O)OC(C)(C)C)C(=O)N1[C@H](C(=O)O)CCC1(C)C. The number of carbonyl (C=O) groups is 3. The van der Waals surface area contributed by atoms with Crippen LogP contribution < -0.4 is 10.6 Å². The first-order valence-electron chi connectivity index (χ1n) is 9.59. The van der Waals surface area contributed by atoms with Gasteiger partial charge in [-0.15, -0.1) is 0 Å². The topological polar surface area (TPSA) is 108 Å². The number of likely N-dealkylation sites (tertiary alicyclic amines) is 1. The van der Waals surface area contributed by atoms with Gasteiger partial charge in [0.1, 0.15) is 17.7 Å². The van der Waals surface area contributed by atoms with Crippen LogP contribution in [0, 0.1) is 0 Å². The number of rotatable bonds is 8. The van der Waals surface area contributed by atoms with Crippen molar-refractivity contribution >= 4 is 18.0 Å². The molecule has 0 spiro atoms. The van der Waals surface area contributed by atoms with E-state index < -0.39 is 35.3 Å². The van der Waals surface area contributed by atoms with E-state index in [1.807, 2.05) is 20.9 Å². The van der Waals surface area contributed by atoms with Gasteiger partial charge in [0.15, 0.2) is 0 Å². The van der Waals surface area contributed by atoms with Crippen LogP contribution in [-0.4, -0.2) is 64.8 Å². The molecule has 1 aliphatic rings. The number of carboxylic acid groups (broad SMARTS) is 1. The Labute approximate surface area is 162 Å². The number of aliphatic carboxylic acids is 1. The number of amides is 2. The second kappa shape index (κ2) is 9.39. The predicted octanol–water partition coefficient (Wildman–Crippen LogP) is 2.12. The summed E-state index contributed by atoms with van der Waals surface area (Å²) < 4.78 is 5.29. The lowest BCUT2D eigenvalue weighted by Gasteiger charge is -2.37. The van der Waals surface area contributed by atoms with E-state index in [4.69, 9.17) is 4.74 Å². The van der Waals surface area contributed by atoms with E-state index in [1.165, 1.54) is 4.90 Å². The Kier molecular flexibility index (Phi) is 8.07. The summed E-state index contributed by atoms with van der Waals surface area (Å²) >= 11 is 0. The molecule has 0 unspecified atom stereocenters. The minimum atomic E-state index is -1.01. The van der Waals surface area contributed by atoms with E-state index in [0.717, 1.165) is 19.4 Å². The molecule has 0 bridgehead atoms. The maximum atomic E-state index is 13.2. The summed E-state index contributed by atoms with van der Waals surface area (Å²) in [4.78, 5) is 38.5. The van der Waals surface area contributed by atoms with E-state index in [9.17, 15) is 19.5 Å². The highest BCUT2D eigenvalue weighted by Crippen LogP contribution is 2.34. The summed E-state index contributed by atoms with van der Waals surface area (Å²) in [7, 11) is 1.85. The summed E-state index contributed by atoms with van der Waals surface area (Å²) in [6.45, 7) is 9.78. The number of carbonyl (C=O) groups excluding carboxylic acids is 2. The van der Waals surface area contributed by atoms with Crippen molar-refractivity contribution in [3.8, 4) is 0 Å². The van der Waals surface area contributed by atoms with Crippen LogP contribution in [0.5, 0.6) is 0 Å². The first-order chi connectivity index (χ1) is 12.4. The van der Waals surface area contributed by atoms with Gasteiger partial charge in [-0.2, -0.15) is 0 Å². The van der Waals surface area contributed by atoms with Crippen molar-refractivity contribution in [2.45, 2.75) is 89.9 Å². The summed E-state index contributed by atoms with van der Waals surface area (Å²) in [5.74, 6) is -1.37. The quantitative estimate of drug-likeness (QED) is 0.553. The number of unbranched alkanes of at least 4 members (excludes halogenated alkanes) is 1. The Hall–Kier alpha value is -1.83. The van der Waals surface area contributed by atoms with Gasteiger partial charge in [-0.1, -0.05) is 0 Å². The minimum Gasteiger partial charge on any atom is -0.480 e. The zero-order chi connectivity index (χ0) is 20.8. The molecule has 0 aliphatic carbocycles. The number of ether oxygens (including phenoxy) is 1. The van der Waals surface area contributed by atoms with E-state index >= 15 is 0 Å². The molecule has 0 aromatic heterocycles. The number of nitrogens with zero attached hydrogens (tertiary/aromatic N) is 1. The summed E-state index contributed by atoms with van der Waals surface area (Å²) in [6.07, 6.45) is 2.35. The van der Waals surface area contributed by atoms with Crippen LogP contribution in [-0.2, 0) is 14.3 Å². The number of alkyl carbamates (subject to hydrolysis) is 1. The van der Waals surface area contributed by atoms with Crippen molar-refractivity contribution < 1.29 is 24.2 Å². The molecule has 1 heterocycles. The van der Waals surface area contributed by atoms with Gasteiger partial charge in [-0.25, -0.2) is 9.59 Å². The molecular formula is C19H35N3O5. The largest absolute Gasteiger partial charge is 0.480 e. The fourth-order valence-corrected chi connectivity index (χ4v) is 3.37. The van der Waals surface area contributed by atoms with Gasteiger partial charge >= 0.3 is 12.1 Å². The molecule has 156 valence electrons. The third-order valence-corrected chi connectivity index (χ3v) is 4.67. The number of hydrogen-bond donors (Lipinski definition) is 3. The molecule has 0 radical (unpaired) electrons. The molecule has 1 rings (SSSR count). The third kappa shape index (κ3) is 7.01. The summed E-state index contributed by atoms with van der Waals surface area (Å²) in [5, 5.41) is 15.2. The van der Waals surface area contributed by atoms with Crippen molar-refractivity contribution in [2.75, 3.05) is 13.6 Å². The number of nitrogens with one attached hydrogen (secondary N) is 2. The molecule has 27 heavy (non-hydrogen) atoms. The van der Waals surface area contributed by atoms with Crippen molar-refractivity contribution in [1.29, 1.82) is 0 Å². The fraction of sp³-hybridized carbons (Fsp3) is 0.842. The highest BCUT2D eigenvalue weighted by atomic mass is 16.6. The zero-order valence-electron chi connectivity index (χ0n) is 17.4. The molecule has 8 nitrogen and oxygen atoms in total. The second-order valence-corrected chi connectivity index (χ2v) is 8.71. The monoisotopic (exact) mass is 385 g/mol. The Balaban J connectivity index is 2.96. The molecule has 3 N–H and O–H groups in total. The first-order valence-corrected chi connectivity index (χ1v) is 9.59. The molecule has 1 aliphatic heterocycles. The lowest BCUT2D eigenvalue weighted by Crippen LogP contribution is -2.57. The summed E-state index contributed by atoms with van der Waals surface area (Å²) in [6, 6.07) is -1.68. The highest BCUT2D eigenvalue weighted by Gasteiger charge is 2.47. The Bertz CT molecular complexity index is 542. The van der Waals surface area contributed by atoms with Gasteiger partial charge in [0, 0.05) is 5.54 Å². The average molecular weight is 386 g/mol. The van der Waals surface area contributed by atoms with Crippen LogP contribution in [0.1, 0.15) is 66.7 Å². The minimum absolute atomic E-state index is 0.361. The molecule has 0 aromatic rings. The van der Waals surface area contributed by atoms with Gasteiger partial charge < -0.3 is 25.4 Å². The Morgan fingerprint density at radius 3 is 2.41 bits per heavy atom. The maximum Gasteiger partial charge on any atom is 0.408 e. The maximum absolute atomic E-state index is 13.2. The van der Waals surface area contributed by atoms with Crippen molar-refractivity contribution in [2.24, 2.45) is 0 Å². The Morgan fingerprint density at radius 2 is 1.89 bits per heavy atom. The molecule has 2 amide bonds. The van der Waals surface area contributed by atoms with Gasteiger partial charge in [-0.05, 0) is 80.3 Å². The van der Waals surface area contributed by atoms with Gasteiger partial charge in [0.05, 0.1) is 0 Å². The molecular weight excluding hydrogens is 350 g/mol. The van der Waals surface area contributed by atoms with E-state index in [2.05, 4.69) is 10.6 Å². The zero-order valence-corrected chi connectivity index (χ0v) is 17.4. The van der Waals surface area contributed by atoms with Crippen LogP contribution in [0.3, 0.4) is 0 Å². The lowest BCUT2D eigenvalue weighted by molar-refractivity contribution is -0.152. The molecule has 1 saturated heterocycles. The van der Waals surface area contributed by atoms with Crippen molar-refractivity contribution in [3.05, 3.63) is 0 Å². The van der Waals surface area contributed by atoms with Crippen LogP contribution in [0.15, 0.2) is 0 Å². The molecule has 8 heteroatoms. The average Bonchev–Trinajstić information content (AvgIpc) is 2.83. The summed E-state index contributed by atoms with van der Waals surface area (Å²) in [5.41, 5.74) is -1.25. The number of carboxylic acids is 1. The highest BCUT2D eigenvalue weighted by molar-refractivity contribution is 5.90. The van der Waals surface area contributed by atoms with E-state index in [1.54, 1.807) is 20.8 Å². The van der Waals surface area contributed by atoms with E-state index in [-0.39, 0.29) is 5.91 Å². The molecule has 0 aromatic carbocycles. The van der Waals surface area contributed by atoms with Crippen LogP contribution in [0.25, 0.3) is 0 Å². The lowest BCUT2D eigenvalue weighted by atomic mass is 10.0. The van der Waals surface area contributed by atoms with Crippen molar-refractivity contribution in [1.82, 2.24) is 15.5 Å². The smallest absolute Gasteiger partial charge is 0.408 e. The predicted molar refractivity (Wildman–Crippen MR) is 103 cm³/mol. The fourth-order valence-electron chi connectivity index (χ4n) is 3.37. The van der Waals surface area contributed by atoms with Gasteiger partial charge in [-0.3, -0.25) is 4.79 Å². The molecule has 2 atom stereocenters.